The van der Waals surface area contributed by atoms with Crippen LogP contribution in [0.25, 0.3) is 0 Å². The van der Waals surface area contributed by atoms with Gasteiger partial charge in [-0.3, -0.25) is 10.4 Å². The fourth-order valence-corrected chi connectivity index (χ4v) is 1.14. The lowest BCUT2D eigenvalue weighted by molar-refractivity contribution is 0.0279. The average molecular weight is 185 g/mol. The molecule has 1 aromatic carbocycles. The zero-order chi connectivity index (χ0) is 9.84. The summed E-state index contributed by atoms with van der Waals surface area (Å²) in [5, 5.41) is 35.2. The first-order valence-electron chi connectivity index (χ1n) is 3.71. The third-order valence-corrected chi connectivity index (χ3v) is 1.79. The van der Waals surface area contributed by atoms with Crippen LogP contribution in [0.15, 0.2) is 18.2 Å². The largest absolute Gasteiger partial charge is 0.392 e. The SMILES string of the molecule is OCc1cccc(N(O)O)c1CO. The van der Waals surface area contributed by atoms with Crippen LogP contribution < -0.4 is 5.23 Å². The predicted molar refractivity (Wildman–Crippen MR) is 44.3 cm³/mol. The van der Waals surface area contributed by atoms with Gasteiger partial charge in [-0.2, -0.15) is 0 Å². The number of aliphatic hydroxyl groups is 2. The highest BCUT2D eigenvalue weighted by molar-refractivity contribution is 5.52. The summed E-state index contributed by atoms with van der Waals surface area (Å²) < 4.78 is 0. The number of hydrogen-bond acceptors (Lipinski definition) is 5. The van der Waals surface area contributed by atoms with E-state index in [9.17, 15) is 0 Å². The van der Waals surface area contributed by atoms with Gasteiger partial charge in [0.25, 0.3) is 0 Å². The van der Waals surface area contributed by atoms with Crippen molar-refractivity contribution in [3.8, 4) is 0 Å². The van der Waals surface area contributed by atoms with Gasteiger partial charge in [0.2, 0.25) is 0 Å². The van der Waals surface area contributed by atoms with E-state index in [2.05, 4.69) is 0 Å². The molecule has 0 atom stereocenters. The van der Waals surface area contributed by atoms with Crippen molar-refractivity contribution in [1.82, 2.24) is 0 Å². The summed E-state index contributed by atoms with van der Waals surface area (Å²) >= 11 is 0. The van der Waals surface area contributed by atoms with Crippen LogP contribution in [0.5, 0.6) is 0 Å². The molecule has 5 heteroatoms. The van der Waals surface area contributed by atoms with Crippen molar-refractivity contribution in [2.45, 2.75) is 13.2 Å². The first-order valence-corrected chi connectivity index (χ1v) is 3.71. The molecule has 1 aromatic rings. The molecule has 0 aliphatic heterocycles. The van der Waals surface area contributed by atoms with Crippen LogP contribution in [-0.2, 0) is 13.2 Å². The Bertz CT molecular complexity index is 287. The molecule has 0 bridgehead atoms. The highest BCUT2D eigenvalue weighted by Gasteiger charge is 2.09. The Morgan fingerprint density at radius 3 is 2.23 bits per heavy atom. The molecule has 13 heavy (non-hydrogen) atoms. The summed E-state index contributed by atoms with van der Waals surface area (Å²) in [7, 11) is 0. The molecule has 0 aliphatic rings. The Hall–Kier alpha value is -1.14. The van der Waals surface area contributed by atoms with Gasteiger partial charge >= 0.3 is 0 Å². The van der Waals surface area contributed by atoms with Gasteiger partial charge < -0.3 is 10.2 Å². The van der Waals surface area contributed by atoms with E-state index in [1.54, 1.807) is 12.1 Å². The molecule has 0 saturated carbocycles. The van der Waals surface area contributed by atoms with Crippen molar-refractivity contribution in [2.24, 2.45) is 0 Å². The van der Waals surface area contributed by atoms with E-state index < -0.39 is 0 Å². The van der Waals surface area contributed by atoms with Crippen LogP contribution in [0.1, 0.15) is 11.1 Å². The predicted octanol–water partition coefficient (Wildman–Crippen LogP) is 0.256. The molecule has 0 heterocycles. The summed E-state index contributed by atoms with van der Waals surface area (Å²) in [6, 6.07) is 4.57. The van der Waals surface area contributed by atoms with E-state index in [-0.39, 0.29) is 24.1 Å². The van der Waals surface area contributed by atoms with E-state index >= 15 is 0 Å². The molecular formula is C8H11NO4. The highest BCUT2D eigenvalue weighted by Crippen LogP contribution is 2.22. The molecule has 5 nitrogen and oxygen atoms in total. The zero-order valence-corrected chi connectivity index (χ0v) is 6.88. The second kappa shape index (κ2) is 4.20. The number of hydrogen-bond donors (Lipinski definition) is 4. The first-order chi connectivity index (χ1) is 6.20. The molecule has 4 N–H and O–H groups in total. The summed E-state index contributed by atoms with van der Waals surface area (Å²) in [4.78, 5) is 0. The van der Waals surface area contributed by atoms with Gasteiger partial charge in [-0.15, -0.1) is 5.23 Å². The van der Waals surface area contributed by atoms with Gasteiger partial charge in [0.05, 0.1) is 13.2 Å². The Balaban J connectivity index is 3.19. The number of benzene rings is 1. The minimum Gasteiger partial charge on any atom is -0.392 e. The standard InChI is InChI=1S/C8H11NO4/c10-4-6-2-1-3-8(9(12)13)7(6)5-11/h1-3,10-13H,4-5H2. The monoisotopic (exact) mass is 185 g/mol. The summed E-state index contributed by atoms with van der Waals surface area (Å²) in [5.74, 6) is 0. The molecule has 0 aromatic heterocycles. The maximum absolute atomic E-state index is 8.92. The lowest BCUT2D eigenvalue weighted by Gasteiger charge is -2.14. The Labute approximate surface area is 75.0 Å². The summed E-state index contributed by atoms with van der Waals surface area (Å²) in [5.41, 5.74) is 0.831. The van der Waals surface area contributed by atoms with Crippen molar-refractivity contribution in [1.29, 1.82) is 0 Å². The smallest absolute Gasteiger partial charge is 0.100 e. The van der Waals surface area contributed by atoms with Crippen LogP contribution in [-0.4, -0.2) is 20.6 Å². The molecular weight excluding hydrogens is 174 g/mol. The number of rotatable bonds is 3. The van der Waals surface area contributed by atoms with Crippen LogP contribution >= 0.6 is 0 Å². The molecule has 1 rings (SSSR count). The van der Waals surface area contributed by atoms with Crippen LogP contribution in [0.3, 0.4) is 0 Å². The minimum atomic E-state index is -0.357. The van der Waals surface area contributed by atoms with Gasteiger partial charge in [-0.25, -0.2) is 0 Å². The van der Waals surface area contributed by atoms with E-state index in [0.29, 0.717) is 11.1 Å². The Morgan fingerprint density at radius 2 is 1.77 bits per heavy atom. The fraction of sp³-hybridized carbons (Fsp3) is 0.250. The van der Waals surface area contributed by atoms with E-state index in [1.807, 2.05) is 0 Å². The lowest BCUT2D eigenvalue weighted by atomic mass is 10.1. The normalized spacial score (nSPS) is 10.2. The quantitative estimate of drug-likeness (QED) is 0.507. The third-order valence-electron chi connectivity index (χ3n) is 1.79. The van der Waals surface area contributed by atoms with Gasteiger partial charge in [0, 0.05) is 5.56 Å². The highest BCUT2D eigenvalue weighted by atomic mass is 16.8. The van der Waals surface area contributed by atoms with Gasteiger partial charge in [0.15, 0.2) is 0 Å². The number of nitrogens with zero attached hydrogens (tertiary/aromatic N) is 1. The number of anilines is 1. The van der Waals surface area contributed by atoms with Crippen molar-refractivity contribution in [3.05, 3.63) is 29.3 Å². The van der Waals surface area contributed by atoms with Crippen molar-refractivity contribution >= 4 is 5.69 Å². The van der Waals surface area contributed by atoms with Crippen molar-refractivity contribution < 1.29 is 20.6 Å². The molecule has 0 spiro atoms. The van der Waals surface area contributed by atoms with Crippen molar-refractivity contribution in [2.75, 3.05) is 5.23 Å². The van der Waals surface area contributed by atoms with Crippen LogP contribution in [0, 0.1) is 0 Å². The van der Waals surface area contributed by atoms with Gasteiger partial charge in [-0.1, -0.05) is 12.1 Å². The van der Waals surface area contributed by atoms with E-state index in [4.69, 9.17) is 20.6 Å². The van der Waals surface area contributed by atoms with Gasteiger partial charge in [-0.05, 0) is 11.6 Å². The van der Waals surface area contributed by atoms with Gasteiger partial charge in [0.1, 0.15) is 5.69 Å². The maximum atomic E-state index is 8.92. The topological polar surface area (TPSA) is 84.2 Å². The molecule has 0 fully saturated rings. The minimum absolute atomic E-state index is 0.0639. The summed E-state index contributed by atoms with van der Waals surface area (Å²) in [6.45, 7) is -0.610. The molecule has 0 amide bonds. The van der Waals surface area contributed by atoms with Crippen LogP contribution in [0.2, 0.25) is 0 Å². The number of aliphatic hydroxyl groups excluding tert-OH is 2. The first kappa shape index (κ1) is 9.94. The Morgan fingerprint density at radius 1 is 1.08 bits per heavy atom. The molecule has 72 valence electrons. The second-order valence-electron chi connectivity index (χ2n) is 2.52. The van der Waals surface area contributed by atoms with E-state index in [0.717, 1.165) is 0 Å². The zero-order valence-electron chi connectivity index (χ0n) is 6.88. The second-order valence-corrected chi connectivity index (χ2v) is 2.52. The maximum Gasteiger partial charge on any atom is 0.100 e. The Kier molecular flexibility index (Phi) is 3.21. The molecule has 0 aliphatic carbocycles. The molecule has 0 saturated heterocycles. The third kappa shape index (κ3) is 1.96. The molecule has 0 radical (unpaired) electrons. The molecule has 0 unspecified atom stereocenters. The lowest BCUT2D eigenvalue weighted by Crippen LogP contribution is -2.14. The van der Waals surface area contributed by atoms with Crippen molar-refractivity contribution in [3.63, 3.8) is 0 Å². The average Bonchev–Trinajstić information content (AvgIpc) is 2.16. The summed E-state index contributed by atoms with van der Waals surface area (Å²) in [6.07, 6.45) is 0. The fourth-order valence-electron chi connectivity index (χ4n) is 1.14. The van der Waals surface area contributed by atoms with Crippen LogP contribution in [0.4, 0.5) is 5.69 Å². The van der Waals surface area contributed by atoms with E-state index in [1.165, 1.54) is 6.07 Å².